The molecule has 8 heteroatoms. The predicted octanol–water partition coefficient (Wildman–Crippen LogP) is 7.59. The Morgan fingerprint density at radius 1 is 0.930 bits per heavy atom. The molecule has 2 aromatic carbocycles. The Bertz CT molecular complexity index is 1250. The van der Waals surface area contributed by atoms with E-state index in [9.17, 15) is 19.5 Å². The second kappa shape index (κ2) is 15.3. The standard InChI is InChI=1S/C35H53N3O5/c1-12-22(4)30(37-34(42)43-35(9,10)11)33(41)38(26(8)17-16-21(2)3)31(27-18-19-28(39)25(7)20-27)32(40)36-29-23(5)14-13-15-24(29)6/h13-15,18-22,26,30-31,39H,12,16-17H2,1-11H3,(H,36,40)(H,37,42). The van der Waals surface area contributed by atoms with E-state index in [1.54, 1.807) is 50.8 Å². The van der Waals surface area contributed by atoms with Crippen molar-refractivity contribution in [1.29, 1.82) is 0 Å². The first kappa shape index (κ1) is 35.6. The summed E-state index contributed by atoms with van der Waals surface area (Å²) in [5.74, 6) is -0.463. The number of ether oxygens (including phenoxy) is 1. The lowest BCUT2D eigenvalue weighted by molar-refractivity contribution is -0.144. The summed E-state index contributed by atoms with van der Waals surface area (Å²) in [6.45, 7) is 21.0. The summed E-state index contributed by atoms with van der Waals surface area (Å²) in [7, 11) is 0. The highest BCUT2D eigenvalue weighted by Crippen LogP contribution is 2.33. The van der Waals surface area contributed by atoms with Crippen molar-refractivity contribution in [2.75, 3.05) is 5.32 Å². The number of benzene rings is 2. The minimum atomic E-state index is -1.03. The first-order chi connectivity index (χ1) is 20.0. The molecule has 3 amide bonds. The van der Waals surface area contributed by atoms with Crippen molar-refractivity contribution in [2.45, 2.75) is 119 Å². The number of carbonyl (C=O) groups is 3. The third-order valence-electron chi connectivity index (χ3n) is 7.83. The molecule has 0 aliphatic heterocycles. The molecule has 0 heterocycles. The summed E-state index contributed by atoms with van der Waals surface area (Å²) in [6.07, 6.45) is 1.45. The van der Waals surface area contributed by atoms with Crippen LogP contribution >= 0.6 is 0 Å². The predicted molar refractivity (Wildman–Crippen MR) is 173 cm³/mol. The number of hydrogen-bond acceptors (Lipinski definition) is 5. The molecular formula is C35H53N3O5. The topological polar surface area (TPSA) is 108 Å². The fraction of sp³-hybridized carbons (Fsp3) is 0.571. The molecule has 0 saturated carbocycles. The first-order valence-corrected chi connectivity index (χ1v) is 15.4. The number of nitrogens with zero attached hydrogens (tertiary/aromatic N) is 1. The van der Waals surface area contributed by atoms with Crippen molar-refractivity contribution in [1.82, 2.24) is 10.2 Å². The van der Waals surface area contributed by atoms with E-state index in [1.807, 2.05) is 52.8 Å². The van der Waals surface area contributed by atoms with Crippen LogP contribution in [-0.4, -0.2) is 45.6 Å². The zero-order chi connectivity index (χ0) is 32.6. The molecule has 2 rings (SSSR count). The average molecular weight is 596 g/mol. The molecule has 3 N–H and O–H groups in total. The maximum atomic E-state index is 14.7. The van der Waals surface area contributed by atoms with Gasteiger partial charge in [0.25, 0.3) is 5.91 Å². The minimum absolute atomic E-state index is 0.104. The van der Waals surface area contributed by atoms with Crippen molar-refractivity contribution in [2.24, 2.45) is 11.8 Å². The van der Waals surface area contributed by atoms with Gasteiger partial charge in [-0.1, -0.05) is 58.4 Å². The highest BCUT2D eigenvalue weighted by molar-refractivity contribution is 6.00. The molecule has 43 heavy (non-hydrogen) atoms. The second-order valence-electron chi connectivity index (χ2n) is 13.3. The number of rotatable bonds is 12. The molecule has 0 spiro atoms. The van der Waals surface area contributed by atoms with Crippen LogP contribution in [0.4, 0.5) is 10.5 Å². The van der Waals surface area contributed by atoms with Gasteiger partial charge in [-0.05, 0) is 108 Å². The maximum Gasteiger partial charge on any atom is 0.408 e. The summed E-state index contributed by atoms with van der Waals surface area (Å²) in [5, 5.41) is 16.3. The minimum Gasteiger partial charge on any atom is -0.508 e. The number of amides is 3. The Morgan fingerprint density at radius 3 is 2.05 bits per heavy atom. The van der Waals surface area contributed by atoms with E-state index < -0.39 is 23.8 Å². The van der Waals surface area contributed by atoms with Crippen molar-refractivity contribution < 1.29 is 24.2 Å². The molecule has 0 bridgehead atoms. The zero-order valence-electron chi connectivity index (χ0n) is 28.0. The molecule has 238 valence electrons. The number of para-hydroxylation sites is 1. The molecular weight excluding hydrogens is 542 g/mol. The number of anilines is 1. The summed E-state index contributed by atoms with van der Waals surface area (Å²) >= 11 is 0. The zero-order valence-corrected chi connectivity index (χ0v) is 28.0. The third-order valence-corrected chi connectivity index (χ3v) is 7.83. The first-order valence-electron chi connectivity index (χ1n) is 15.4. The van der Waals surface area contributed by atoms with Gasteiger partial charge in [0.05, 0.1) is 0 Å². The molecule has 0 fully saturated rings. The smallest absolute Gasteiger partial charge is 0.408 e. The van der Waals surface area contributed by atoms with Crippen LogP contribution in [-0.2, 0) is 14.3 Å². The highest BCUT2D eigenvalue weighted by atomic mass is 16.6. The number of hydrogen-bond donors (Lipinski definition) is 3. The fourth-order valence-corrected chi connectivity index (χ4v) is 5.08. The number of phenolic OH excluding ortho intramolecular Hbond substituents is 1. The number of phenols is 1. The van der Waals surface area contributed by atoms with Crippen LogP contribution in [0.1, 0.15) is 103 Å². The Morgan fingerprint density at radius 2 is 1.53 bits per heavy atom. The van der Waals surface area contributed by atoms with Gasteiger partial charge in [0.2, 0.25) is 5.91 Å². The third kappa shape index (κ3) is 10.0. The lowest BCUT2D eigenvalue weighted by atomic mass is 9.92. The molecule has 0 aliphatic carbocycles. The molecule has 0 radical (unpaired) electrons. The van der Waals surface area contributed by atoms with Crippen LogP contribution in [0.3, 0.4) is 0 Å². The Hall–Kier alpha value is -3.55. The van der Waals surface area contributed by atoms with Crippen LogP contribution < -0.4 is 10.6 Å². The lowest BCUT2D eigenvalue weighted by Gasteiger charge is -2.40. The van der Waals surface area contributed by atoms with Crippen LogP contribution in [0.15, 0.2) is 36.4 Å². The largest absolute Gasteiger partial charge is 0.508 e. The van der Waals surface area contributed by atoms with Crippen LogP contribution in [0.2, 0.25) is 0 Å². The Kier molecular flexibility index (Phi) is 12.6. The lowest BCUT2D eigenvalue weighted by Crippen LogP contribution is -2.57. The van der Waals surface area contributed by atoms with E-state index >= 15 is 0 Å². The molecule has 0 aliphatic rings. The van der Waals surface area contributed by atoms with Gasteiger partial charge in [0.15, 0.2) is 0 Å². The van der Waals surface area contributed by atoms with Gasteiger partial charge >= 0.3 is 6.09 Å². The van der Waals surface area contributed by atoms with E-state index in [4.69, 9.17) is 4.74 Å². The van der Waals surface area contributed by atoms with Gasteiger partial charge in [-0.25, -0.2) is 4.79 Å². The number of aromatic hydroxyl groups is 1. The van der Waals surface area contributed by atoms with E-state index in [1.165, 1.54) is 0 Å². The van der Waals surface area contributed by atoms with Crippen LogP contribution in [0.5, 0.6) is 5.75 Å². The molecule has 8 nitrogen and oxygen atoms in total. The van der Waals surface area contributed by atoms with Gasteiger partial charge in [-0.15, -0.1) is 0 Å². The normalized spacial score (nSPS) is 14.4. The highest BCUT2D eigenvalue weighted by Gasteiger charge is 2.40. The van der Waals surface area contributed by atoms with Crippen molar-refractivity contribution in [3.63, 3.8) is 0 Å². The van der Waals surface area contributed by atoms with Crippen molar-refractivity contribution in [3.8, 4) is 5.75 Å². The number of aryl methyl sites for hydroxylation is 3. The summed E-state index contributed by atoms with van der Waals surface area (Å²) < 4.78 is 5.53. The van der Waals surface area contributed by atoms with E-state index in [2.05, 4.69) is 24.5 Å². The van der Waals surface area contributed by atoms with Gasteiger partial charge in [-0.3, -0.25) is 9.59 Å². The summed E-state index contributed by atoms with van der Waals surface area (Å²) in [6, 6.07) is 8.49. The summed E-state index contributed by atoms with van der Waals surface area (Å²) in [5.41, 5.74) is 2.93. The van der Waals surface area contributed by atoms with Gasteiger partial charge in [0, 0.05) is 11.7 Å². The monoisotopic (exact) mass is 595 g/mol. The Labute approximate surface area is 258 Å². The van der Waals surface area contributed by atoms with Crippen molar-refractivity contribution >= 4 is 23.6 Å². The quantitative estimate of drug-likeness (QED) is 0.234. The molecule has 2 aromatic rings. The molecule has 4 unspecified atom stereocenters. The molecule has 0 aromatic heterocycles. The van der Waals surface area contributed by atoms with Crippen molar-refractivity contribution in [3.05, 3.63) is 58.7 Å². The average Bonchev–Trinajstić information content (AvgIpc) is 2.90. The summed E-state index contributed by atoms with van der Waals surface area (Å²) in [4.78, 5) is 43.7. The fourth-order valence-electron chi connectivity index (χ4n) is 5.08. The maximum absolute atomic E-state index is 14.7. The molecule has 0 saturated heterocycles. The van der Waals surface area contributed by atoms with E-state index in [0.29, 0.717) is 35.6 Å². The second-order valence-corrected chi connectivity index (χ2v) is 13.3. The van der Waals surface area contributed by atoms with E-state index in [0.717, 1.165) is 17.5 Å². The SMILES string of the molecule is CCC(C)C(NC(=O)OC(C)(C)C)C(=O)N(C(C)CCC(C)C)C(C(=O)Nc1c(C)cccc1C)c1ccc(O)c(C)c1. The number of alkyl carbamates (subject to hydrolysis) is 1. The van der Waals surface area contributed by atoms with Gasteiger partial charge in [-0.2, -0.15) is 0 Å². The van der Waals surface area contributed by atoms with E-state index in [-0.39, 0.29) is 29.5 Å². The van der Waals surface area contributed by atoms with Crippen LogP contribution in [0, 0.1) is 32.6 Å². The number of nitrogens with one attached hydrogen (secondary N) is 2. The Balaban J connectivity index is 2.73. The number of carbonyl (C=O) groups excluding carboxylic acids is 3. The van der Waals surface area contributed by atoms with Gasteiger partial charge < -0.3 is 25.4 Å². The van der Waals surface area contributed by atoms with Crippen LogP contribution in [0.25, 0.3) is 0 Å². The van der Waals surface area contributed by atoms with Gasteiger partial charge in [0.1, 0.15) is 23.4 Å². The molecule has 4 atom stereocenters.